The average molecular weight is 428 g/mol. The van der Waals surface area contributed by atoms with Crippen molar-refractivity contribution in [3.05, 3.63) is 42.2 Å². The fraction of sp³-hybridized carbons (Fsp3) is 0.522. The SMILES string of the molecule is CN=C(NCCCN(C)c1ccccc1F)NCCN1C(=O)C2C3C=CC(C3)C2C1=O. The number of guanidine groups is 1. The topological polar surface area (TPSA) is 77.0 Å². The highest BCUT2D eigenvalue weighted by Gasteiger charge is 2.58. The predicted molar refractivity (Wildman–Crippen MR) is 118 cm³/mol. The van der Waals surface area contributed by atoms with Gasteiger partial charge in [0, 0.05) is 40.3 Å². The van der Waals surface area contributed by atoms with E-state index in [1.165, 1.54) is 11.0 Å². The van der Waals surface area contributed by atoms with Gasteiger partial charge in [-0.25, -0.2) is 4.39 Å². The van der Waals surface area contributed by atoms with Crippen molar-refractivity contribution in [2.24, 2.45) is 28.7 Å². The third-order valence-corrected chi connectivity index (χ3v) is 6.64. The zero-order valence-electron chi connectivity index (χ0n) is 18.1. The molecule has 0 aromatic heterocycles. The van der Waals surface area contributed by atoms with Crippen molar-refractivity contribution in [3.8, 4) is 0 Å². The summed E-state index contributed by atoms with van der Waals surface area (Å²) in [6.07, 6.45) is 5.96. The van der Waals surface area contributed by atoms with E-state index in [1.54, 1.807) is 19.2 Å². The van der Waals surface area contributed by atoms with Crippen molar-refractivity contribution in [2.75, 3.05) is 45.2 Å². The summed E-state index contributed by atoms with van der Waals surface area (Å²) in [7, 11) is 3.55. The van der Waals surface area contributed by atoms with Gasteiger partial charge in [-0.15, -0.1) is 0 Å². The molecule has 4 rings (SSSR count). The standard InChI is InChI=1S/C23H30FN5O2/c1-25-23(26-10-5-12-28(2)18-7-4-3-6-17(18)24)27-11-13-29-21(30)19-15-8-9-16(14-15)20(19)22(29)31/h3-4,6-9,15-16,19-20H,5,10-14H2,1-2H3,(H2,25,26,27). The molecule has 8 heteroatoms. The Labute approximate surface area is 182 Å². The number of anilines is 1. The zero-order valence-corrected chi connectivity index (χ0v) is 18.1. The molecule has 2 fully saturated rings. The van der Waals surface area contributed by atoms with E-state index in [0.29, 0.717) is 37.8 Å². The van der Waals surface area contributed by atoms with Gasteiger partial charge >= 0.3 is 0 Å². The molecule has 1 saturated carbocycles. The number of para-hydroxylation sites is 1. The highest BCUT2D eigenvalue weighted by molar-refractivity contribution is 6.06. The Morgan fingerprint density at radius 2 is 1.77 bits per heavy atom. The third-order valence-electron chi connectivity index (χ3n) is 6.64. The van der Waals surface area contributed by atoms with Crippen molar-refractivity contribution in [1.82, 2.24) is 15.5 Å². The minimum Gasteiger partial charge on any atom is -0.372 e. The van der Waals surface area contributed by atoms with Crippen LogP contribution in [0.3, 0.4) is 0 Å². The van der Waals surface area contributed by atoms with E-state index < -0.39 is 0 Å². The average Bonchev–Trinajstić information content (AvgIpc) is 3.45. The zero-order chi connectivity index (χ0) is 22.0. The van der Waals surface area contributed by atoms with Crippen LogP contribution in [0.15, 0.2) is 41.4 Å². The number of allylic oxidation sites excluding steroid dienone is 2. The molecule has 2 amide bonds. The number of rotatable bonds is 8. The number of likely N-dealkylation sites (tertiary alicyclic amines) is 1. The maximum atomic E-state index is 13.8. The maximum absolute atomic E-state index is 13.8. The van der Waals surface area contributed by atoms with E-state index in [2.05, 4.69) is 27.8 Å². The lowest BCUT2D eigenvalue weighted by molar-refractivity contribution is -0.140. The number of fused-ring (bicyclic) bond motifs is 5. The number of benzene rings is 1. The van der Waals surface area contributed by atoms with E-state index in [4.69, 9.17) is 0 Å². The first-order valence-corrected chi connectivity index (χ1v) is 10.9. The van der Waals surface area contributed by atoms with Crippen LogP contribution in [0.1, 0.15) is 12.8 Å². The minimum atomic E-state index is -0.227. The number of carbonyl (C=O) groups is 2. The van der Waals surface area contributed by atoms with Crippen LogP contribution in [-0.4, -0.2) is 62.9 Å². The molecule has 2 bridgehead atoms. The van der Waals surface area contributed by atoms with Crippen LogP contribution in [0.4, 0.5) is 10.1 Å². The lowest BCUT2D eigenvalue weighted by Gasteiger charge is -2.21. The minimum absolute atomic E-state index is 0.0206. The van der Waals surface area contributed by atoms with Gasteiger partial charge in [0.15, 0.2) is 5.96 Å². The van der Waals surface area contributed by atoms with Gasteiger partial charge in [-0.2, -0.15) is 0 Å². The Kier molecular flexibility index (Phi) is 6.25. The molecule has 0 spiro atoms. The number of amides is 2. The van der Waals surface area contributed by atoms with Crippen LogP contribution in [-0.2, 0) is 9.59 Å². The number of halogens is 1. The lowest BCUT2D eigenvalue weighted by atomic mass is 9.85. The molecule has 1 aromatic rings. The number of imide groups is 1. The van der Waals surface area contributed by atoms with E-state index in [0.717, 1.165) is 12.8 Å². The molecule has 31 heavy (non-hydrogen) atoms. The highest BCUT2D eigenvalue weighted by Crippen LogP contribution is 2.52. The molecule has 4 unspecified atom stereocenters. The van der Waals surface area contributed by atoms with Crippen molar-refractivity contribution in [3.63, 3.8) is 0 Å². The Bertz CT molecular complexity index is 872. The largest absolute Gasteiger partial charge is 0.372 e. The molecule has 1 heterocycles. The lowest BCUT2D eigenvalue weighted by Crippen LogP contribution is -2.44. The number of nitrogens with zero attached hydrogens (tertiary/aromatic N) is 3. The van der Waals surface area contributed by atoms with Gasteiger partial charge in [-0.1, -0.05) is 24.3 Å². The van der Waals surface area contributed by atoms with Crippen LogP contribution in [0, 0.1) is 29.5 Å². The molecule has 0 radical (unpaired) electrons. The van der Waals surface area contributed by atoms with Crippen LogP contribution in [0.5, 0.6) is 0 Å². The molecule has 3 aliphatic rings. The molecule has 7 nitrogen and oxygen atoms in total. The summed E-state index contributed by atoms with van der Waals surface area (Å²) in [5.41, 5.74) is 0.582. The van der Waals surface area contributed by atoms with Crippen molar-refractivity contribution < 1.29 is 14.0 Å². The summed E-state index contributed by atoms with van der Waals surface area (Å²) in [6, 6.07) is 6.73. The first-order valence-electron chi connectivity index (χ1n) is 10.9. The predicted octanol–water partition coefficient (Wildman–Crippen LogP) is 1.62. The van der Waals surface area contributed by atoms with E-state index >= 15 is 0 Å². The summed E-state index contributed by atoms with van der Waals surface area (Å²) in [4.78, 5) is 32.9. The molecule has 1 aliphatic heterocycles. The van der Waals surface area contributed by atoms with Gasteiger partial charge in [0.1, 0.15) is 5.82 Å². The molecule has 1 aromatic carbocycles. The van der Waals surface area contributed by atoms with Gasteiger partial charge in [0.2, 0.25) is 11.8 Å². The fourth-order valence-electron chi connectivity index (χ4n) is 5.10. The second-order valence-corrected chi connectivity index (χ2v) is 8.48. The summed E-state index contributed by atoms with van der Waals surface area (Å²) in [5, 5.41) is 6.40. The van der Waals surface area contributed by atoms with Crippen molar-refractivity contribution in [2.45, 2.75) is 12.8 Å². The molecular weight excluding hydrogens is 397 g/mol. The van der Waals surface area contributed by atoms with E-state index in [1.807, 2.05) is 18.0 Å². The van der Waals surface area contributed by atoms with Gasteiger partial charge in [-0.05, 0) is 36.8 Å². The Morgan fingerprint density at radius 3 is 2.42 bits per heavy atom. The van der Waals surface area contributed by atoms with Crippen LogP contribution in [0.2, 0.25) is 0 Å². The summed E-state index contributed by atoms with van der Waals surface area (Å²) in [5.74, 6) is 0.532. The maximum Gasteiger partial charge on any atom is 0.233 e. The van der Waals surface area contributed by atoms with Gasteiger partial charge in [0.05, 0.1) is 17.5 Å². The number of aliphatic imine (C=N–C) groups is 1. The second kappa shape index (κ2) is 9.08. The smallest absolute Gasteiger partial charge is 0.233 e. The van der Waals surface area contributed by atoms with Crippen molar-refractivity contribution in [1.29, 1.82) is 0 Å². The number of carbonyl (C=O) groups excluding carboxylic acids is 2. The fourth-order valence-corrected chi connectivity index (χ4v) is 5.10. The second-order valence-electron chi connectivity index (χ2n) is 8.48. The highest BCUT2D eigenvalue weighted by atomic mass is 19.1. The summed E-state index contributed by atoms with van der Waals surface area (Å²) >= 11 is 0. The van der Waals surface area contributed by atoms with E-state index in [-0.39, 0.29) is 41.3 Å². The van der Waals surface area contributed by atoms with Gasteiger partial charge in [-0.3, -0.25) is 19.5 Å². The molecule has 166 valence electrons. The first-order chi connectivity index (χ1) is 15.0. The van der Waals surface area contributed by atoms with Crippen LogP contribution in [0.25, 0.3) is 0 Å². The van der Waals surface area contributed by atoms with E-state index in [9.17, 15) is 14.0 Å². The Balaban J connectivity index is 1.17. The van der Waals surface area contributed by atoms with Gasteiger partial charge < -0.3 is 15.5 Å². The van der Waals surface area contributed by atoms with Gasteiger partial charge in [0.25, 0.3) is 0 Å². The third kappa shape index (κ3) is 4.16. The molecule has 1 saturated heterocycles. The Morgan fingerprint density at radius 1 is 1.13 bits per heavy atom. The molecule has 2 aliphatic carbocycles. The Hall–Kier alpha value is -2.90. The van der Waals surface area contributed by atoms with Crippen molar-refractivity contribution >= 4 is 23.5 Å². The molecule has 4 atom stereocenters. The van der Waals surface area contributed by atoms with Crippen LogP contribution < -0.4 is 15.5 Å². The monoisotopic (exact) mass is 427 g/mol. The first kappa shape index (κ1) is 21.3. The number of nitrogens with one attached hydrogen (secondary N) is 2. The summed E-state index contributed by atoms with van der Waals surface area (Å²) < 4.78 is 13.8. The molecule has 2 N–H and O–H groups in total. The van der Waals surface area contributed by atoms with Crippen LogP contribution >= 0.6 is 0 Å². The normalized spacial score (nSPS) is 26.5. The molecular formula is C23H30FN5O2. The number of hydrogen-bond donors (Lipinski definition) is 2. The number of hydrogen-bond acceptors (Lipinski definition) is 4. The quantitative estimate of drug-likeness (QED) is 0.217. The summed E-state index contributed by atoms with van der Waals surface area (Å²) in [6.45, 7) is 2.16.